The van der Waals surface area contributed by atoms with Crippen LogP contribution in [0.25, 0.3) is 0 Å². The third kappa shape index (κ3) is 3.62. The maximum absolute atomic E-state index is 6.32. The number of hydrogen-bond acceptors (Lipinski definition) is 4. The molecule has 2 aromatic heterocycles. The van der Waals surface area contributed by atoms with Gasteiger partial charge in [-0.2, -0.15) is 11.3 Å². The van der Waals surface area contributed by atoms with Crippen molar-refractivity contribution in [1.82, 2.24) is 9.88 Å². The molecular formula is C15H21N3S. The lowest BCUT2D eigenvalue weighted by Gasteiger charge is -2.32. The molecule has 0 aromatic carbocycles. The van der Waals surface area contributed by atoms with Gasteiger partial charge in [0.05, 0.1) is 6.04 Å². The van der Waals surface area contributed by atoms with Crippen molar-refractivity contribution in [2.24, 2.45) is 5.73 Å². The van der Waals surface area contributed by atoms with Gasteiger partial charge >= 0.3 is 0 Å². The van der Waals surface area contributed by atoms with Crippen LogP contribution in [0.3, 0.4) is 0 Å². The van der Waals surface area contributed by atoms with E-state index >= 15 is 0 Å². The Morgan fingerprint density at radius 2 is 2.05 bits per heavy atom. The second-order valence-electron chi connectivity index (χ2n) is 4.84. The molecule has 2 unspecified atom stereocenters. The van der Waals surface area contributed by atoms with Gasteiger partial charge in [0.25, 0.3) is 0 Å². The first-order valence-electron chi connectivity index (χ1n) is 6.59. The van der Waals surface area contributed by atoms with Crippen molar-refractivity contribution in [1.29, 1.82) is 0 Å². The van der Waals surface area contributed by atoms with Crippen molar-refractivity contribution >= 4 is 11.3 Å². The van der Waals surface area contributed by atoms with Crippen molar-refractivity contribution in [3.05, 3.63) is 52.5 Å². The summed E-state index contributed by atoms with van der Waals surface area (Å²) in [6.07, 6.45) is 4.63. The summed E-state index contributed by atoms with van der Waals surface area (Å²) in [4.78, 5) is 6.42. The highest BCUT2D eigenvalue weighted by Crippen LogP contribution is 2.25. The molecular weight excluding hydrogens is 254 g/mol. The van der Waals surface area contributed by atoms with E-state index < -0.39 is 0 Å². The maximum Gasteiger partial charge on any atom is 0.0500 e. The van der Waals surface area contributed by atoms with Crippen molar-refractivity contribution in [2.45, 2.75) is 32.0 Å². The van der Waals surface area contributed by atoms with Gasteiger partial charge in [0.1, 0.15) is 0 Å². The van der Waals surface area contributed by atoms with Crippen molar-refractivity contribution in [2.75, 3.05) is 7.05 Å². The zero-order valence-electron chi connectivity index (χ0n) is 11.5. The molecule has 3 nitrogen and oxygen atoms in total. The van der Waals surface area contributed by atoms with Gasteiger partial charge in [-0.15, -0.1) is 0 Å². The topological polar surface area (TPSA) is 42.1 Å². The average Bonchev–Trinajstić information content (AvgIpc) is 2.93. The van der Waals surface area contributed by atoms with Crippen LogP contribution < -0.4 is 5.73 Å². The SMILES string of the molecule is CCC(N)C(c1ccncc1)N(C)Cc1ccsc1. The van der Waals surface area contributed by atoms with Gasteiger partial charge in [-0.1, -0.05) is 6.92 Å². The first-order valence-corrected chi connectivity index (χ1v) is 7.53. The fourth-order valence-corrected chi connectivity index (χ4v) is 3.04. The second kappa shape index (κ2) is 6.80. The fourth-order valence-electron chi connectivity index (χ4n) is 2.38. The number of thiophene rings is 1. The number of likely N-dealkylation sites (N-methyl/N-ethyl adjacent to an activating group) is 1. The zero-order valence-corrected chi connectivity index (χ0v) is 12.3. The Bertz CT molecular complexity index is 469. The van der Waals surface area contributed by atoms with Gasteiger partial charge < -0.3 is 5.73 Å². The van der Waals surface area contributed by atoms with E-state index in [1.165, 1.54) is 11.1 Å². The number of hydrogen-bond donors (Lipinski definition) is 1. The van der Waals surface area contributed by atoms with Crippen LogP contribution in [-0.2, 0) is 6.54 Å². The van der Waals surface area contributed by atoms with Crippen LogP contribution in [0.2, 0.25) is 0 Å². The van der Waals surface area contributed by atoms with Gasteiger partial charge in [-0.25, -0.2) is 0 Å². The highest BCUT2D eigenvalue weighted by Gasteiger charge is 2.23. The van der Waals surface area contributed by atoms with E-state index in [-0.39, 0.29) is 12.1 Å². The minimum atomic E-state index is 0.131. The van der Waals surface area contributed by atoms with Crippen LogP contribution in [0, 0.1) is 0 Å². The Kier molecular flexibility index (Phi) is 5.07. The molecule has 2 atom stereocenters. The summed E-state index contributed by atoms with van der Waals surface area (Å²) < 4.78 is 0. The monoisotopic (exact) mass is 275 g/mol. The summed E-state index contributed by atoms with van der Waals surface area (Å²) in [6.45, 7) is 3.06. The molecule has 19 heavy (non-hydrogen) atoms. The molecule has 0 amide bonds. The maximum atomic E-state index is 6.32. The number of nitrogens with two attached hydrogens (primary N) is 1. The number of aromatic nitrogens is 1. The molecule has 2 N–H and O–H groups in total. The van der Waals surface area contributed by atoms with Gasteiger partial charge in [-0.05, 0) is 53.6 Å². The molecule has 0 aliphatic rings. The normalized spacial score (nSPS) is 14.5. The quantitative estimate of drug-likeness (QED) is 0.881. The van der Waals surface area contributed by atoms with Crippen LogP contribution in [0.1, 0.15) is 30.5 Å². The van der Waals surface area contributed by atoms with E-state index in [1.54, 1.807) is 11.3 Å². The molecule has 0 radical (unpaired) electrons. The molecule has 4 heteroatoms. The third-order valence-electron chi connectivity index (χ3n) is 3.41. The van der Waals surface area contributed by atoms with Gasteiger partial charge in [-0.3, -0.25) is 9.88 Å². The lowest BCUT2D eigenvalue weighted by molar-refractivity contribution is 0.202. The van der Waals surface area contributed by atoms with Crippen LogP contribution >= 0.6 is 11.3 Å². The first-order chi connectivity index (χ1) is 9.22. The fraction of sp³-hybridized carbons (Fsp3) is 0.400. The Morgan fingerprint density at radius 1 is 1.32 bits per heavy atom. The smallest absolute Gasteiger partial charge is 0.0500 e. The minimum Gasteiger partial charge on any atom is -0.326 e. The third-order valence-corrected chi connectivity index (χ3v) is 4.14. The molecule has 0 spiro atoms. The standard InChI is InChI=1S/C15H21N3S/c1-3-14(16)15(13-4-7-17-8-5-13)18(2)10-12-6-9-19-11-12/h4-9,11,14-15H,3,10,16H2,1-2H3. The van der Waals surface area contributed by atoms with E-state index in [0.717, 1.165) is 13.0 Å². The molecule has 0 aliphatic carbocycles. The van der Waals surface area contributed by atoms with Crippen molar-refractivity contribution in [3.8, 4) is 0 Å². The molecule has 0 fully saturated rings. The summed E-state index contributed by atoms with van der Waals surface area (Å²) in [5, 5.41) is 4.31. The van der Waals surface area contributed by atoms with Crippen LogP contribution in [0.15, 0.2) is 41.4 Å². The Balaban J connectivity index is 2.18. The molecule has 2 aromatic rings. The summed E-state index contributed by atoms with van der Waals surface area (Å²) in [7, 11) is 2.14. The van der Waals surface area contributed by atoms with Crippen LogP contribution in [0.5, 0.6) is 0 Å². The summed E-state index contributed by atoms with van der Waals surface area (Å²) in [5.41, 5.74) is 8.90. The van der Waals surface area contributed by atoms with E-state index in [0.29, 0.717) is 0 Å². The summed E-state index contributed by atoms with van der Waals surface area (Å²) in [6, 6.07) is 6.65. The van der Waals surface area contributed by atoms with Gasteiger partial charge in [0, 0.05) is 25.0 Å². The van der Waals surface area contributed by atoms with Crippen LogP contribution in [-0.4, -0.2) is 23.0 Å². The lowest BCUT2D eigenvalue weighted by atomic mass is 9.97. The van der Waals surface area contributed by atoms with Crippen molar-refractivity contribution < 1.29 is 0 Å². The molecule has 0 saturated carbocycles. The summed E-state index contributed by atoms with van der Waals surface area (Å²) in [5.74, 6) is 0. The zero-order chi connectivity index (χ0) is 13.7. The molecule has 2 heterocycles. The Labute approximate surface area is 119 Å². The predicted octanol–water partition coefficient (Wildman–Crippen LogP) is 3.05. The van der Waals surface area contributed by atoms with Gasteiger partial charge in [0.2, 0.25) is 0 Å². The minimum absolute atomic E-state index is 0.131. The van der Waals surface area contributed by atoms with E-state index in [1.807, 2.05) is 12.4 Å². The molecule has 0 aliphatic heterocycles. The van der Waals surface area contributed by atoms with Gasteiger partial charge in [0.15, 0.2) is 0 Å². The largest absolute Gasteiger partial charge is 0.326 e. The van der Waals surface area contributed by atoms with E-state index in [9.17, 15) is 0 Å². The lowest BCUT2D eigenvalue weighted by Crippen LogP contribution is -2.38. The highest BCUT2D eigenvalue weighted by molar-refractivity contribution is 7.07. The van der Waals surface area contributed by atoms with E-state index in [4.69, 9.17) is 5.73 Å². The Hall–Kier alpha value is -1.23. The molecule has 2 rings (SSSR count). The predicted molar refractivity (Wildman–Crippen MR) is 81.0 cm³/mol. The number of rotatable bonds is 6. The second-order valence-corrected chi connectivity index (χ2v) is 5.62. The van der Waals surface area contributed by atoms with E-state index in [2.05, 4.69) is 52.8 Å². The van der Waals surface area contributed by atoms with Crippen LogP contribution in [0.4, 0.5) is 0 Å². The molecule has 0 bridgehead atoms. The Morgan fingerprint density at radius 3 is 2.63 bits per heavy atom. The number of pyridine rings is 1. The average molecular weight is 275 g/mol. The molecule has 102 valence electrons. The summed E-state index contributed by atoms with van der Waals surface area (Å²) >= 11 is 1.74. The highest BCUT2D eigenvalue weighted by atomic mass is 32.1. The molecule has 0 saturated heterocycles. The number of nitrogens with zero attached hydrogens (tertiary/aromatic N) is 2. The first kappa shape index (κ1) is 14.2. The van der Waals surface area contributed by atoms with Crippen molar-refractivity contribution in [3.63, 3.8) is 0 Å².